The van der Waals surface area contributed by atoms with E-state index in [-0.39, 0.29) is 0 Å². The molecule has 0 heterocycles. The minimum atomic E-state index is -0.611. The largest absolute Gasteiger partial charge is 0.330 e. The average molecular weight is 240 g/mol. The van der Waals surface area contributed by atoms with Crippen molar-refractivity contribution in [3.05, 3.63) is 0 Å². The van der Waals surface area contributed by atoms with Gasteiger partial charge in [-0.25, -0.2) is 0 Å². The van der Waals surface area contributed by atoms with E-state index in [1.165, 1.54) is 0 Å². The molecule has 0 saturated heterocycles. The first-order valence-electron chi connectivity index (χ1n) is 5.60. The summed E-state index contributed by atoms with van der Waals surface area (Å²) in [5.41, 5.74) is 5.25. The van der Waals surface area contributed by atoms with Crippen LogP contribution in [0.5, 0.6) is 0 Å². The first-order valence-corrected chi connectivity index (χ1v) is 7.57. The summed E-state index contributed by atoms with van der Waals surface area (Å²) in [5, 5.41) is 0. The van der Waals surface area contributed by atoms with Crippen molar-refractivity contribution in [2.75, 3.05) is 39.7 Å². The van der Waals surface area contributed by atoms with Crippen LogP contribution in [0, 0.1) is 0 Å². The maximum absolute atomic E-state index is 9.56. The molecule has 98 valence electrons. The molecule has 0 rings (SSSR count). The predicted octanol–water partition coefficient (Wildman–Crippen LogP) is 1.94. The molecule has 0 unspecified atom stereocenters. The Bertz CT molecular complexity index is 94.6. The molecule has 0 radical (unpaired) electrons. The molecule has 0 aromatic rings. The van der Waals surface area contributed by atoms with Crippen LogP contribution in [0.1, 0.15) is 34.1 Å². The quantitative estimate of drug-likeness (QED) is 0.820. The van der Waals surface area contributed by atoms with Crippen LogP contribution in [0.4, 0.5) is 0 Å². The SMILES string of the molecule is CC.CC.CN(C)CCCN.CS(C)=O. The van der Waals surface area contributed by atoms with Gasteiger partial charge >= 0.3 is 0 Å². The smallest absolute Gasteiger partial charge is 0.0148 e. The van der Waals surface area contributed by atoms with E-state index in [0.717, 1.165) is 19.5 Å². The monoisotopic (exact) mass is 240 g/mol. The minimum absolute atomic E-state index is 0.611. The van der Waals surface area contributed by atoms with Crippen LogP contribution < -0.4 is 5.73 Å². The maximum Gasteiger partial charge on any atom is 0.0148 e. The predicted molar refractivity (Wildman–Crippen MR) is 74.9 cm³/mol. The Morgan fingerprint density at radius 2 is 1.33 bits per heavy atom. The highest BCUT2D eigenvalue weighted by atomic mass is 32.2. The Labute approximate surface area is 99.9 Å². The molecule has 0 saturated carbocycles. The molecule has 15 heavy (non-hydrogen) atoms. The summed E-state index contributed by atoms with van der Waals surface area (Å²) in [6, 6.07) is 0. The molecule has 0 aromatic heterocycles. The zero-order chi connectivity index (χ0) is 13.3. The second kappa shape index (κ2) is 29.2. The normalized spacial score (nSPS) is 7.93. The van der Waals surface area contributed by atoms with Crippen molar-refractivity contribution in [1.29, 1.82) is 0 Å². The zero-order valence-electron chi connectivity index (χ0n) is 12.0. The molecule has 0 aromatic carbocycles. The molecule has 0 fully saturated rings. The third-order valence-electron chi connectivity index (χ3n) is 0.809. The van der Waals surface area contributed by atoms with Gasteiger partial charge in [-0.3, -0.25) is 4.21 Å². The Hall–Kier alpha value is 0.0700. The first-order chi connectivity index (χ1) is 7.00. The van der Waals surface area contributed by atoms with Gasteiger partial charge < -0.3 is 10.6 Å². The summed E-state index contributed by atoms with van der Waals surface area (Å²) in [7, 11) is 3.49. The Morgan fingerprint density at radius 1 is 1.07 bits per heavy atom. The van der Waals surface area contributed by atoms with Crippen molar-refractivity contribution in [3.8, 4) is 0 Å². The van der Waals surface area contributed by atoms with E-state index in [2.05, 4.69) is 19.0 Å². The third kappa shape index (κ3) is 124. The molecule has 0 amide bonds. The van der Waals surface area contributed by atoms with Crippen LogP contribution in [0.25, 0.3) is 0 Å². The van der Waals surface area contributed by atoms with Gasteiger partial charge in [0.25, 0.3) is 0 Å². The number of hydrogen-bond acceptors (Lipinski definition) is 3. The number of hydrogen-bond donors (Lipinski definition) is 1. The van der Waals surface area contributed by atoms with E-state index in [1.807, 2.05) is 27.7 Å². The average Bonchev–Trinajstić information content (AvgIpc) is 2.20. The fraction of sp³-hybridized carbons (Fsp3) is 1.00. The van der Waals surface area contributed by atoms with Gasteiger partial charge in [-0.05, 0) is 33.6 Å². The fourth-order valence-corrected chi connectivity index (χ4v) is 0.408. The number of rotatable bonds is 3. The van der Waals surface area contributed by atoms with Crippen molar-refractivity contribution in [2.45, 2.75) is 34.1 Å². The summed E-state index contributed by atoms with van der Waals surface area (Å²) in [6.07, 6.45) is 4.38. The zero-order valence-corrected chi connectivity index (χ0v) is 12.8. The summed E-state index contributed by atoms with van der Waals surface area (Å²) in [6.45, 7) is 9.91. The van der Waals surface area contributed by atoms with Crippen molar-refractivity contribution >= 4 is 10.8 Å². The Morgan fingerprint density at radius 3 is 1.40 bits per heavy atom. The molecule has 0 bridgehead atoms. The van der Waals surface area contributed by atoms with E-state index in [0.29, 0.717) is 0 Å². The van der Waals surface area contributed by atoms with Crippen LogP contribution in [0.2, 0.25) is 0 Å². The molecule has 4 heteroatoms. The lowest BCUT2D eigenvalue weighted by molar-refractivity contribution is 0.403. The van der Waals surface area contributed by atoms with E-state index in [1.54, 1.807) is 12.5 Å². The standard InChI is InChI=1S/C5H14N2.C2H6OS.2C2H6/c1-7(2)5-3-4-6;1-4(2)3;2*1-2/h3-6H2,1-2H3;1-2H3;2*1-2H3. The Kier molecular flexibility index (Phi) is 47.4. The molecular weight excluding hydrogens is 208 g/mol. The van der Waals surface area contributed by atoms with Gasteiger partial charge in [0.2, 0.25) is 0 Å². The van der Waals surface area contributed by atoms with Gasteiger partial charge in [-0.15, -0.1) is 0 Å². The van der Waals surface area contributed by atoms with E-state index < -0.39 is 10.8 Å². The minimum Gasteiger partial charge on any atom is -0.330 e. The van der Waals surface area contributed by atoms with Crippen molar-refractivity contribution in [1.82, 2.24) is 4.90 Å². The lowest BCUT2D eigenvalue weighted by atomic mass is 10.4. The highest BCUT2D eigenvalue weighted by molar-refractivity contribution is 7.83. The maximum atomic E-state index is 9.56. The van der Waals surface area contributed by atoms with Crippen molar-refractivity contribution in [2.24, 2.45) is 5.73 Å². The molecule has 3 nitrogen and oxygen atoms in total. The second-order valence-corrected chi connectivity index (χ2v) is 4.17. The van der Waals surface area contributed by atoms with Gasteiger partial charge in [0.1, 0.15) is 0 Å². The van der Waals surface area contributed by atoms with E-state index >= 15 is 0 Å². The molecule has 0 aliphatic heterocycles. The molecule has 0 aliphatic rings. The first kappa shape index (κ1) is 24.3. The number of nitrogens with zero attached hydrogens (tertiary/aromatic N) is 1. The van der Waals surface area contributed by atoms with Crippen molar-refractivity contribution in [3.63, 3.8) is 0 Å². The third-order valence-corrected chi connectivity index (χ3v) is 0.809. The summed E-state index contributed by atoms with van der Waals surface area (Å²) in [4.78, 5) is 2.13. The topological polar surface area (TPSA) is 46.3 Å². The van der Waals surface area contributed by atoms with Gasteiger partial charge in [0.05, 0.1) is 0 Å². The molecule has 0 spiro atoms. The summed E-state index contributed by atoms with van der Waals surface area (Å²) >= 11 is 0. The molecule has 0 atom stereocenters. The van der Waals surface area contributed by atoms with Crippen molar-refractivity contribution < 1.29 is 4.21 Å². The van der Waals surface area contributed by atoms with E-state index in [4.69, 9.17) is 5.73 Å². The lowest BCUT2D eigenvalue weighted by Crippen LogP contribution is -2.16. The summed E-state index contributed by atoms with van der Waals surface area (Å²) in [5.74, 6) is 0. The van der Waals surface area contributed by atoms with Crippen LogP contribution >= 0.6 is 0 Å². The van der Waals surface area contributed by atoms with Crippen LogP contribution in [-0.4, -0.2) is 48.8 Å². The molecular formula is C11H32N2OS. The van der Waals surface area contributed by atoms with Crippen LogP contribution in [0.15, 0.2) is 0 Å². The van der Waals surface area contributed by atoms with Crippen LogP contribution in [0.3, 0.4) is 0 Å². The van der Waals surface area contributed by atoms with Gasteiger partial charge in [-0.1, -0.05) is 27.7 Å². The highest BCUT2D eigenvalue weighted by Crippen LogP contribution is 1.76. The second-order valence-electron chi connectivity index (χ2n) is 2.69. The molecule has 0 aliphatic carbocycles. The Balaban J connectivity index is -0.0000000647. The van der Waals surface area contributed by atoms with Gasteiger partial charge in [0.15, 0.2) is 0 Å². The molecule has 2 N–H and O–H groups in total. The van der Waals surface area contributed by atoms with Gasteiger partial charge in [-0.2, -0.15) is 0 Å². The van der Waals surface area contributed by atoms with E-state index in [9.17, 15) is 4.21 Å². The lowest BCUT2D eigenvalue weighted by Gasteiger charge is -2.05. The highest BCUT2D eigenvalue weighted by Gasteiger charge is 1.83. The van der Waals surface area contributed by atoms with Crippen LogP contribution in [-0.2, 0) is 10.8 Å². The van der Waals surface area contributed by atoms with Gasteiger partial charge in [0, 0.05) is 23.3 Å². The number of nitrogens with two attached hydrogens (primary N) is 1. The fourth-order valence-electron chi connectivity index (χ4n) is 0.408. The summed E-state index contributed by atoms with van der Waals surface area (Å²) < 4.78 is 9.56.